The van der Waals surface area contributed by atoms with Crippen LogP contribution < -0.4 is 5.56 Å². The fourth-order valence-electron chi connectivity index (χ4n) is 2.55. The lowest BCUT2D eigenvalue weighted by Gasteiger charge is -2.07. The molecule has 0 aliphatic rings. The molecular formula is C17H12N2OS. The van der Waals surface area contributed by atoms with E-state index in [4.69, 9.17) is 0 Å². The Hall–Kier alpha value is -2.46. The summed E-state index contributed by atoms with van der Waals surface area (Å²) in [6.45, 7) is 0.579. The van der Waals surface area contributed by atoms with Gasteiger partial charge in [-0.1, -0.05) is 12.1 Å². The highest BCUT2D eigenvalue weighted by Crippen LogP contribution is 2.17. The van der Waals surface area contributed by atoms with E-state index in [1.807, 2.05) is 48.0 Å². The summed E-state index contributed by atoms with van der Waals surface area (Å²) >= 11 is 1.60. The van der Waals surface area contributed by atoms with Gasteiger partial charge in [-0.05, 0) is 41.3 Å². The second kappa shape index (κ2) is 4.82. The largest absolute Gasteiger partial charge is 0.311 e. The smallest absolute Gasteiger partial charge is 0.259 e. The average Bonchev–Trinajstić information content (AvgIpc) is 2.99. The van der Waals surface area contributed by atoms with Crippen molar-refractivity contribution < 1.29 is 0 Å². The minimum Gasteiger partial charge on any atom is -0.311 e. The van der Waals surface area contributed by atoms with Gasteiger partial charge in [-0.3, -0.25) is 9.78 Å². The maximum absolute atomic E-state index is 12.4. The normalized spacial score (nSPS) is 11.2. The number of thiophene rings is 1. The predicted octanol–water partition coefficient (Wildman–Crippen LogP) is 3.66. The van der Waals surface area contributed by atoms with E-state index < -0.39 is 0 Å². The fraction of sp³-hybridized carbons (Fsp3) is 0.0588. The maximum Gasteiger partial charge on any atom is 0.259 e. The third-order valence-corrected chi connectivity index (χ3v) is 4.49. The van der Waals surface area contributed by atoms with Crippen LogP contribution in [-0.2, 0) is 6.54 Å². The maximum atomic E-state index is 12.4. The Morgan fingerprint density at radius 2 is 2.10 bits per heavy atom. The Labute approximate surface area is 125 Å². The molecule has 3 nitrogen and oxygen atoms in total. The van der Waals surface area contributed by atoms with E-state index in [-0.39, 0.29) is 5.56 Å². The summed E-state index contributed by atoms with van der Waals surface area (Å²) in [4.78, 5) is 16.7. The van der Waals surface area contributed by atoms with Crippen molar-refractivity contribution in [2.24, 2.45) is 0 Å². The third kappa shape index (κ3) is 2.14. The van der Waals surface area contributed by atoms with Crippen LogP contribution in [0.25, 0.3) is 21.0 Å². The van der Waals surface area contributed by atoms with Crippen LogP contribution in [0.3, 0.4) is 0 Å². The third-order valence-electron chi connectivity index (χ3n) is 3.61. The number of nitrogens with zero attached hydrogens (tertiary/aromatic N) is 2. The van der Waals surface area contributed by atoms with Crippen LogP contribution in [-0.4, -0.2) is 9.55 Å². The number of pyridine rings is 2. The highest BCUT2D eigenvalue weighted by molar-refractivity contribution is 7.17. The van der Waals surface area contributed by atoms with Gasteiger partial charge in [0, 0.05) is 22.5 Å². The number of benzene rings is 1. The van der Waals surface area contributed by atoms with Gasteiger partial charge in [0.2, 0.25) is 0 Å². The molecule has 0 amide bonds. The molecule has 0 bridgehead atoms. The summed E-state index contributed by atoms with van der Waals surface area (Å²) < 4.78 is 2.80. The average molecular weight is 292 g/mol. The van der Waals surface area contributed by atoms with E-state index in [0.29, 0.717) is 6.54 Å². The van der Waals surface area contributed by atoms with Gasteiger partial charge in [0.05, 0.1) is 17.4 Å². The molecule has 0 saturated carbocycles. The fourth-order valence-corrected chi connectivity index (χ4v) is 3.32. The van der Waals surface area contributed by atoms with E-state index >= 15 is 0 Å². The molecule has 0 aliphatic heterocycles. The quantitative estimate of drug-likeness (QED) is 0.565. The number of hydrogen-bond acceptors (Lipinski definition) is 3. The van der Waals surface area contributed by atoms with Crippen LogP contribution in [0.2, 0.25) is 0 Å². The van der Waals surface area contributed by atoms with E-state index in [1.165, 1.54) is 0 Å². The molecule has 4 heteroatoms. The molecule has 4 rings (SSSR count). The molecule has 0 fully saturated rings. The number of rotatable bonds is 2. The summed E-state index contributed by atoms with van der Waals surface area (Å²) in [6.07, 6.45) is 3.66. The predicted molar refractivity (Wildman–Crippen MR) is 86.9 cm³/mol. The molecule has 0 aliphatic carbocycles. The van der Waals surface area contributed by atoms with Crippen LogP contribution in [0.15, 0.2) is 65.0 Å². The van der Waals surface area contributed by atoms with Gasteiger partial charge in [-0.15, -0.1) is 11.3 Å². The van der Waals surface area contributed by atoms with E-state index in [1.54, 1.807) is 22.1 Å². The zero-order chi connectivity index (χ0) is 14.2. The molecule has 0 saturated heterocycles. The van der Waals surface area contributed by atoms with Crippen molar-refractivity contribution in [1.82, 2.24) is 9.55 Å². The second-order valence-corrected chi connectivity index (χ2v) is 5.93. The van der Waals surface area contributed by atoms with Crippen molar-refractivity contribution in [2.75, 3.05) is 0 Å². The molecule has 0 N–H and O–H groups in total. The Morgan fingerprint density at radius 3 is 3.05 bits per heavy atom. The Balaban J connectivity index is 1.78. The topological polar surface area (TPSA) is 34.9 Å². The number of hydrogen-bond donors (Lipinski definition) is 0. The molecule has 3 heterocycles. The molecule has 0 atom stereocenters. The summed E-state index contributed by atoms with van der Waals surface area (Å²) in [5.41, 5.74) is 2.15. The molecule has 0 spiro atoms. The molecule has 102 valence electrons. The van der Waals surface area contributed by atoms with Gasteiger partial charge in [-0.25, -0.2) is 0 Å². The van der Waals surface area contributed by atoms with Crippen LogP contribution in [0, 0.1) is 0 Å². The molecule has 0 radical (unpaired) electrons. The van der Waals surface area contributed by atoms with Crippen molar-refractivity contribution in [3.05, 3.63) is 76.2 Å². The van der Waals surface area contributed by atoms with Gasteiger partial charge in [0.25, 0.3) is 5.56 Å². The lowest BCUT2D eigenvalue weighted by molar-refractivity contribution is 0.769. The molecule has 1 aromatic carbocycles. The lowest BCUT2D eigenvalue weighted by Crippen LogP contribution is -2.19. The summed E-state index contributed by atoms with van der Waals surface area (Å²) in [5, 5.41) is 3.85. The first-order valence-electron chi connectivity index (χ1n) is 6.71. The molecule has 3 aromatic heterocycles. The number of fused-ring (bicyclic) bond motifs is 2. The van der Waals surface area contributed by atoms with Crippen molar-refractivity contribution in [3.8, 4) is 0 Å². The van der Waals surface area contributed by atoms with Crippen LogP contribution in [0.5, 0.6) is 0 Å². The molecule has 0 unspecified atom stereocenters. The van der Waals surface area contributed by atoms with Crippen LogP contribution in [0.1, 0.15) is 5.56 Å². The van der Waals surface area contributed by atoms with Gasteiger partial charge in [-0.2, -0.15) is 0 Å². The first-order valence-corrected chi connectivity index (χ1v) is 7.59. The lowest BCUT2D eigenvalue weighted by atomic mass is 10.1. The van der Waals surface area contributed by atoms with Gasteiger partial charge < -0.3 is 4.57 Å². The van der Waals surface area contributed by atoms with Crippen molar-refractivity contribution >= 4 is 32.3 Å². The zero-order valence-corrected chi connectivity index (χ0v) is 12.0. The van der Waals surface area contributed by atoms with Gasteiger partial charge in [0.15, 0.2) is 0 Å². The van der Waals surface area contributed by atoms with E-state index in [2.05, 4.69) is 11.1 Å². The minimum atomic E-state index is 0.0695. The Kier molecular flexibility index (Phi) is 2.82. The first kappa shape index (κ1) is 12.3. The van der Waals surface area contributed by atoms with Crippen LogP contribution >= 0.6 is 11.3 Å². The van der Waals surface area contributed by atoms with Gasteiger partial charge >= 0.3 is 0 Å². The van der Waals surface area contributed by atoms with E-state index in [0.717, 1.165) is 26.6 Å². The standard InChI is InChI=1S/C17H12N2OS/c20-17-14-6-9-21-16(14)5-8-19(17)11-12-3-4-15-13(10-12)2-1-7-18-15/h1-10H,11H2. The van der Waals surface area contributed by atoms with Crippen molar-refractivity contribution in [2.45, 2.75) is 6.54 Å². The summed E-state index contributed by atoms with van der Waals surface area (Å²) in [6, 6.07) is 14.0. The van der Waals surface area contributed by atoms with Crippen molar-refractivity contribution in [3.63, 3.8) is 0 Å². The van der Waals surface area contributed by atoms with Crippen molar-refractivity contribution in [1.29, 1.82) is 0 Å². The number of aromatic nitrogens is 2. The SMILES string of the molecule is O=c1c2ccsc2ccn1Cc1ccc2ncccc2c1. The molecular weight excluding hydrogens is 280 g/mol. The monoisotopic (exact) mass is 292 g/mol. The summed E-state index contributed by atoms with van der Waals surface area (Å²) in [5.74, 6) is 0. The Bertz CT molecular complexity index is 1000. The zero-order valence-electron chi connectivity index (χ0n) is 11.2. The minimum absolute atomic E-state index is 0.0695. The highest BCUT2D eigenvalue weighted by atomic mass is 32.1. The van der Waals surface area contributed by atoms with E-state index in [9.17, 15) is 4.79 Å². The molecule has 4 aromatic rings. The van der Waals surface area contributed by atoms with Crippen LogP contribution in [0.4, 0.5) is 0 Å². The Morgan fingerprint density at radius 1 is 1.14 bits per heavy atom. The first-order chi connectivity index (χ1) is 10.3. The summed E-state index contributed by atoms with van der Waals surface area (Å²) in [7, 11) is 0. The van der Waals surface area contributed by atoms with Gasteiger partial charge in [0.1, 0.15) is 0 Å². The molecule has 21 heavy (non-hydrogen) atoms. The second-order valence-electron chi connectivity index (χ2n) is 4.98. The highest BCUT2D eigenvalue weighted by Gasteiger charge is 2.05.